The second kappa shape index (κ2) is 6.27. The Kier molecular flexibility index (Phi) is 4.12. The lowest BCUT2D eigenvalue weighted by Crippen LogP contribution is -2.27. The molecule has 1 aliphatic rings. The Hall–Kier alpha value is -1.76. The predicted octanol–water partition coefficient (Wildman–Crippen LogP) is 4.74. The lowest BCUT2D eigenvalue weighted by molar-refractivity contribution is -0.115. The molecule has 2 aromatic carbocycles. The Bertz CT molecular complexity index is 911. The van der Waals surface area contributed by atoms with Crippen molar-refractivity contribution in [2.75, 3.05) is 17.8 Å². The van der Waals surface area contributed by atoms with Gasteiger partial charge in [0, 0.05) is 0 Å². The van der Waals surface area contributed by atoms with Gasteiger partial charge < -0.3 is 4.74 Å². The quantitative estimate of drug-likeness (QED) is 0.662. The maximum atomic E-state index is 12.5. The number of hydrogen-bond acceptors (Lipinski definition) is 5. The van der Waals surface area contributed by atoms with E-state index in [1.165, 1.54) is 11.3 Å². The summed E-state index contributed by atoms with van der Waals surface area (Å²) in [5.74, 6) is 1.31. The smallest absolute Gasteiger partial charge is 0.240 e. The van der Waals surface area contributed by atoms with Gasteiger partial charge in [-0.1, -0.05) is 41.1 Å². The Labute approximate surface area is 152 Å². The Morgan fingerprint density at radius 2 is 2.04 bits per heavy atom. The maximum Gasteiger partial charge on any atom is 0.240 e. The first-order valence-electron chi connectivity index (χ1n) is 7.30. The molecular formula is C17H13ClN2O2S2. The number of fused-ring (bicyclic) bond motifs is 1. The van der Waals surface area contributed by atoms with E-state index in [1.807, 2.05) is 42.5 Å². The summed E-state index contributed by atoms with van der Waals surface area (Å²) in [5, 5.41) is 1.21. The molecule has 122 valence electrons. The molecule has 1 fully saturated rings. The minimum absolute atomic E-state index is 0.0657. The van der Waals surface area contributed by atoms with Gasteiger partial charge in [0.1, 0.15) is 16.6 Å². The highest BCUT2D eigenvalue weighted by Gasteiger charge is 2.36. The summed E-state index contributed by atoms with van der Waals surface area (Å²) in [6, 6.07) is 13.5. The molecule has 1 saturated heterocycles. The molecule has 24 heavy (non-hydrogen) atoms. The summed E-state index contributed by atoms with van der Waals surface area (Å²) in [5.41, 5.74) is 1.80. The fourth-order valence-corrected chi connectivity index (χ4v) is 5.19. The Morgan fingerprint density at radius 1 is 1.25 bits per heavy atom. The van der Waals surface area contributed by atoms with Crippen LogP contribution in [0.15, 0.2) is 42.5 Å². The molecule has 4 nitrogen and oxygen atoms in total. The highest BCUT2D eigenvalue weighted by Crippen LogP contribution is 2.44. The standard InChI is InChI=1S/C17H13ClN2O2S2/c1-22-11-7-5-10(6-8-11)16-20(14(21)9-23-16)17-19-15-12(18)3-2-4-13(15)24-17/h2-8,16H,9H2,1H3. The van der Waals surface area contributed by atoms with E-state index in [-0.39, 0.29) is 11.3 Å². The second-order valence-electron chi connectivity index (χ2n) is 5.28. The molecule has 0 spiro atoms. The number of thioether (sulfide) groups is 1. The molecule has 1 unspecified atom stereocenters. The summed E-state index contributed by atoms with van der Waals surface area (Å²) in [6.07, 6.45) is 0. The van der Waals surface area contributed by atoms with Gasteiger partial charge in [0.25, 0.3) is 0 Å². The van der Waals surface area contributed by atoms with Gasteiger partial charge >= 0.3 is 0 Å². The number of amides is 1. The van der Waals surface area contributed by atoms with E-state index < -0.39 is 0 Å². The first kappa shape index (κ1) is 15.7. The molecule has 1 aromatic heterocycles. The monoisotopic (exact) mass is 376 g/mol. The summed E-state index contributed by atoms with van der Waals surface area (Å²) in [4.78, 5) is 18.8. The number of carbonyl (C=O) groups excluding carboxylic acids is 1. The van der Waals surface area contributed by atoms with Crippen LogP contribution in [0.3, 0.4) is 0 Å². The van der Waals surface area contributed by atoms with Crippen LogP contribution in [0.1, 0.15) is 10.9 Å². The van der Waals surface area contributed by atoms with Gasteiger partial charge in [-0.15, -0.1) is 11.8 Å². The summed E-state index contributed by atoms with van der Waals surface area (Å²) >= 11 is 9.32. The first-order chi connectivity index (χ1) is 11.7. The summed E-state index contributed by atoms with van der Waals surface area (Å²) < 4.78 is 6.19. The molecule has 0 N–H and O–H groups in total. The van der Waals surface area contributed by atoms with Crippen molar-refractivity contribution in [1.29, 1.82) is 0 Å². The number of rotatable bonds is 3. The third-order valence-electron chi connectivity index (χ3n) is 3.83. The fourth-order valence-electron chi connectivity index (χ4n) is 2.65. The van der Waals surface area contributed by atoms with Crippen molar-refractivity contribution >= 4 is 56.0 Å². The van der Waals surface area contributed by atoms with Gasteiger partial charge in [-0.3, -0.25) is 9.69 Å². The van der Waals surface area contributed by atoms with Crippen LogP contribution < -0.4 is 9.64 Å². The summed E-state index contributed by atoms with van der Waals surface area (Å²) in [7, 11) is 1.64. The highest BCUT2D eigenvalue weighted by molar-refractivity contribution is 8.00. The molecule has 1 atom stereocenters. The van der Waals surface area contributed by atoms with E-state index >= 15 is 0 Å². The van der Waals surface area contributed by atoms with Crippen LogP contribution in [-0.2, 0) is 4.79 Å². The van der Waals surface area contributed by atoms with E-state index in [0.29, 0.717) is 15.9 Å². The van der Waals surface area contributed by atoms with Crippen molar-refractivity contribution in [2.45, 2.75) is 5.37 Å². The number of methoxy groups -OCH3 is 1. The molecule has 4 rings (SSSR count). The van der Waals surface area contributed by atoms with Crippen LogP contribution in [0.2, 0.25) is 5.02 Å². The maximum absolute atomic E-state index is 12.5. The zero-order chi connectivity index (χ0) is 16.7. The van der Waals surface area contributed by atoms with Crippen molar-refractivity contribution in [3.05, 3.63) is 53.1 Å². The molecule has 0 radical (unpaired) electrons. The number of carbonyl (C=O) groups is 1. The number of hydrogen-bond donors (Lipinski definition) is 0. The van der Waals surface area contributed by atoms with E-state index in [1.54, 1.807) is 23.8 Å². The van der Waals surface area contributed by atoms with Crippen molar-refractivity contribution < 1.29 is 9.53 Å². The molecule has 0 aliphatic carbocycles. The van der Waals surface area contributed by atoms with E-state index in [9.17, 15) is 4.79 Å². The van der Waals surface area contributed by atoms with Crippen LogP contribution in [0.4, 0.5) is 5.13 Å². The molecular weight excluding hydrogens is 364 g/mol. The van der Waals surface area contributed by atoms with Gasteiger partial charge in [0.05, 0.1) is 22.6 Å². The molecule has 2 heterocycles. The SMILES string of the molecule is COc1ccc(C2SCC(=O)N2c2nc3c(Cl)cccc3s2)cc1. The molecule has 0 bridgehead atoms. The first-order valence-corrected chi connectivity index (χ1v) is 9.54. The minimum atomic E-state index is -0.0808. The third-order valence-corrected chi connectivity index (χ3v) is 6.37. The van der Waals surface area contributed by atoms with E-state index in [0.717, 1.165) is 21.5 Å². The van der Waals surface area contributed by atoms with Crippen LogP contribution in [-0.4, -0.2) is 23.8 Å². The number of anilines is 1. The molecule has 1 amide bonds. The zero-order valence-corrected chi connectivity index (χ0v) is 15.1. The normalized spacial score (nSPS) is 17.7. The predicted molar refractivity (Wildman–Crippen MR) is 100 cm³/mol. The van der Waals surface area contributed by atoms with Gasteiger partial charge in [-0.25, -0.2) is 4.98 Å². The van der Waals surface area contributed by atoms with Crippen molar-refractivity contribution in [3.8, 4) is 5.75 Å². The fraction of sp³-hybridized carbons (Fsp3) is 0.176. The average Bonchev–Trinajstić information content (AvgIpc) is 3.19. The average molecular weight is 377 g/mol. The van der Waals surface area contributed by atoms with Crippen molar-refractivity contribution in [2.24, 2.45) is 0 Å². The number of benzene rings is 2. The largest absolute Gasteiger partial charge is 0.497 e. The lowest BCUT2D eigenvalue weighted by atomic mass is 10.2. The number of ether oxygens (including phenoxy) is 1. The number of aromatic nitrogens is 1. The molecule has 1 aliphatic heterocycles. The summed E-state index contributed by atoms with van der Waals surface area (Å²) in [6.45, 7) is 0. The minimum Gasteiger partial charge on any atom is -0.497 e. The van der Waals surface area contributed by atoms with Crippen LogP contribution in [0.5, 0.6) is 5.75 Å². The van der Waals surface area contributed by atoms with Gasteiger partial charge in [-0.2, -0.15) is 0 Å². The Balaban J connectivity index is 1.75. The molecule has 3 aromatic rings. The van der Waals surface area contributed by atoms with Gasteiger partial charge in [0.15, 0.2) is 5.13 Å². The second-order valence-corrected chi connectivity index (χ2v) is 7.77. The van der Waals surface area contributed by atoms with E-state index in [4.69, 9.17) is 16.3 Å². The van der Waals surface area contributed by atoms with E-state index in [2.05, 4.69) is 4.98 Å². The topological polar surface area (TPSA) is 42.4 Å². The number of para-hydroxylation sites is 1. The van der Waals surface area contributed by atoms with Crippen LogP contribution >= 0.6 is 34.7 Å². The van der Waals surface area contributed by atoms with Crippen molar-refractivity contribution in [1.82, 2.24) is 4.98 Å². The van der Waals surface area contributed by atoms with Crippen LogP contribution in [0.25, 0.3) is 10.2 Å². The zero-order valence-electron chi connectivity index (χ0n) is 12.7. The lowest BCUT2D eigenvalue weighted by Gasteiger charge is -2.21. The van der Waals surface area contributed by atoms with Gasteiger partial charge in [0.2, 0.25) is 5.91 Å². The molecule has 7 heteroatoms. The number of thiazole rings is 1. The van der Waals surface area contributed by atoms with Crippen molar-refractivity contribution in [3.63, 3.8) is 0 Å². The number of halogens is 1. The Morgan fingerprint density at radius 3 is 2.75 bits per heavy atom. The third kappa shape index (κ3) is 2.64. The van der Waals surface area contributed by atoms with Crippen LogP contribution in [0, 0.1) is 0 Å². The highest BCUT2D eigenvalue weighted by atomic mass is 35.5. The number of nitrogens with zero attached hydrogens (tertiary/aromatic N) is 2. The van der Waals surface area contributed by atoms with Gasteiger partial charge in [-0.05, 0) is 29.8 Å². The molecule has 0 saturated carbocycles.